The Kier molecular flexibility index (Phi) is 3.41. The lowest BCUT2D eigenvalue weighted by molar-refractivity contribution is -0.130. The molecule has 1 aromatic heterocycles. The average Bonchev–Trinajstić information content (AvgIpc) is 2.85. The molecule has 1 aromatic carbocycles. The Morgan fingerprint density at radius 1 is 1.35 bits per heavy atom. The first-order chi connectivity index (χ1) is 9.74. The van der Waals surface area contributed by atoms with E-state index in [1.54, 1.807) is 0 Å². The number of benzene rings is 1. The van der Waals surface area contributed by atoms with Crippen LogP contribution in [0.25, 0.3) is 10.9 Å². The molecule has 2 N–H and O–H groups in total. The number of fused-ring (bicyclic) bond motifs is 1. The van der Waals surface area contributed by atoms with Gasteiger partial charge in [0.2, 0.25) is 11.8 Å². The summed E-state index contributed by atoms with van der Waals surface area (Å²) in [5.74, 6) is -0.213. The Morgan fingerprint density at radius 2 is 2.20 bits per heavy atom. The zero-order chi connectivity index (χ0) is 13.9. The van der Waals surface area contributed by atoms with Gasteiger partial charge in [-0.2, -0.15) is 0 Å². The number of carbonyl (C=O) groups is 2. The van der Waals surface area contributed by atoms with E-state index in [1.165, 1.54) is 0 Å². The van der Waals surface area contributed by atoms with E-state index in [0.29, 0.717) is 13.0 Å². The summed E-state index contributed by atoms with van der Waals surface area (Å²) >= 11 is 0. The van der Waals surface area contributed by atoms with E-state index in [4.69, 9.17) is 0 Å². The Bertz CT molecular complexity index is 647. The topological polar surface area (TPSA) is 63.1 Å². The summed E-state index contributed by atoms with van der Waals surface area (Å²) in [7, 11) is 0. The van der Waals surface area contributed by atoms with Crippen molar-refractivity contribution in [3.63, 3.8) is 0 Å². The van der Waals surface area contributed by atoms with E-state index in [1.807, 2.05) is 41.1 Å². The van der Waals surface area contributed by atoms with Gasteiger partial charge in [0, 0.05) is 18.3 Å². The van der Waals surface area contributed by atoms with Gasteiger partial charge in [-0.1, -0.05) is 18.2 Å². The van der Waals surface area contributed by atoms with Crippen LogP contribution in [0.3, 0.4) is 0 Å². The number of rotatable bonds is 3. The number of nitrogens with zero attached hydrogens (tertiary/aromatic N) is 1. The predicted molar refractivity (Wildman–Crippen MR) is 76.1 cm³/mol. The van der Waals surface area contributed by atoms with Gasteiger partial charge in [0.05, 0.1) is 0 Å². The Balaban J connectivity index is 1.68. The summed E-state index contributed by atoms with van der Waals surface area (Å²) < 4.78 is 1.89. The van der Waals surface area contributed by atoms with Crippen LogP contribution in [0, 0.1) is 0 Å². The van der Waals surface area contributed by atoms with Gasteiger partial charge in [-0.3, -0.25) is 9.59 Å². The van der Waals surface area contributed by atoms with Crippen LogP contribution < -0.4 is 10.6 Å². The summed E-state index contributed by atoms with van der Waals surface area (Å²) in [6, 6.07) is 9.51. The van der Waals surface area contributed by atoms with Crippen LogP contribution in [-0.4, -0.2) is 29.0 Å². The second kappa shape index (κ2) is 5.36. The van der Waals surface area contributed by atoms with Crippen molar-refractivity contribution in [1.29, 1.82) is 0 Å². The largest absolute Gasteiger partial charge is 0.354 e. The third kappa shape index (κ3) is 2.52. The highest BCUT2D eigenvalue weighted by Gasteiger charge is 2.23. The van der Waals surface area contributed by atoms with Crippen molar-refractivity contribution in [2.45, 2.75) is 25.4 Å². The summed E-state index contributed by atoms with van der Waals surface area (Å²) in [6.45, 7) is 0.935. The fraction of sp³-hybridized carbons (Fsp3) is 0.333. The third-order valence-electron chi connectivity index (χ3n) is 3.61. The highest BCUT2D eigenvalue weighted by molar-refractivity contribution is 5.89. The number of nitrogens with one attached hydrogen (secondary N) is 2. The summed E-state index contributed by atoms with van der Waals surface area (Å²) in [6.07, 6.45) is 3.51. The minimum absolute atomic E-state index is 0.0815. The molecule has 2 amide bonds. The molecule has 0 spiro atoms. The maximum atomic E-state index is 12.1. The SMILES string of the molecule is O=C(Cn1ccc2ccccc21)N[C@@H]1CCCNC1=O. The fourth-order valence-corrected chi connectivity index (χ4v) is 2.58. The van der Waals surface area contributed by atoms with Crippen molar-refractivity contribution in [2.75, 3.05) is 6.54 Å². The summed E-state index contributed by atoms with van der Waals surface area (Å²) in [4.78, 5) is 23.7. The minimum Gasteiger partial charge on any atom is -0.354 e. The van der Waals surface area contributed by atoms with E-state index in [2.05, 4.69) is 10.6 Å². The van der Waals surface area contributed by atoms with Crippen LogP contribution in [0.1, 0.15) is 12.8 Å². The molecule has 0 unspecified atom stereocenters. The number of para-hydroxylation sites is 1. The molecular formula is C15H17N3O2. The summed E-state index contributed by atoms with van der Waals surface area (Å²) in [5, 5.41) is 6.67. The maximum Gasteiger partial charge on any atom is 0.242 e. The Labute approximate surface area is 117 Å². The fourth-order valence-electron chi connectivity index (χ4n) is 2.58. The molecule has 1 aliphatic rings. The second-order valence-electron chi connectivity index (χ2n) is 5.06. The quantitative estimate of drug-likeness (QED) is 0.876. The first kappa shape index (κ1) is 12.7. The van der Waals surface area contributed by atoms with Crippen LogP contribution in [0.2, 0.25) is 0 Å². The number of piperidine rings is 1. The number of amides is 2. The number of hydrogen-bond donors (Lipinski definition) is 2. The second-order valence-corrected chi connectivity index (χ2v) is 5.06. The van der Waals surface area contributed by atoms with Crippen molar-refractivity contribution >= 4 is 22.7 Å². The van der Waals surface area contributed by atoms with Crippen LogP contribution >= 0.6 is 0 Å². The van der Waals surface area contributed by atoms with Crippen molar-refractivity contribution in [3.05, 3.63) is 36.5 Å². The van der Waals surface area contributed by atoms with E-state index in [0.717, 1.165) is 17.3 Å². The molecule has 1 atom stereocenters. The molecule has 104 valence electrons. The average molecular weight is 271 g/mol. The lowest BCUT2D eigenvalue weighted by Crippen LogP contribution is -2.50. The highest BCUT2D eigenvalue weighted by atomic mass is 16.2. The van der Waals surface area contributed by atoms with Crippen molar-refractivity contribution in [2.24, 2.45) is 0 Å². The standard InChI is InChI=1S/C15H17N3O2/c19-14(17-12-5-3-8-16-15(12)20)10-18-9-7-11-4-1-2-6-13(11)18/h1-2,4,6-7,9,12H,3,5,8,10H2,(H,16,20)(H,17,19)/t12-/m1/s1. The van der Waals surface area contributed by atoms with Crippen LogP contribution in [0.5, 0.6) is 0 Å². The molecule has 0 saturated carbocycles. The predicted octanol–water partition coefficient (Wildman–Crippen LogP) is 1.04. The normalized spacial score (nSPS) is 18.8. The monoisotopic (exact) mass is 271 g/mol. The molecule has 5 heteroatoms. The first-order valence-electron chi connectivity index (χ1n) is 6.85. The number of aromatic nitrogens is 1. The van der Waals surface area contributed by atoms with Crippen molar-refractivity contribution < 1.29 is 9.59 Å². The number of carbonyl (C=O) groups excluding carboxylic acids is 2. The summed E-state index contributed by atoms with van der Waals surface area (Å²) in [5.41, 5.74) is 1.02. The lowest BCUT2D eigenvalue weighted by atomic mass is 10.1. The van der Waals surface area contributed by atoms with Gasteiger partial charge in [-0.15, -0.1) is 0 Å². The molecule has 1 saturated heterocycles. The smallest absolute Gasteiger partial charge is 0.242 e. The molecule has 0 radical (unpaired) electrons. The minimum atomic E-state index is -0.391. The molecule has 2 aromatic rings. The van der Waals surface area contributed by atoms with Gasteiger partial charge < -0.3 is 15.2 Å². The molecule has 0 aliphatic carbocycles. The third-order valence-corrected chi connectivity index (χ3v) is 3.61. The zero-order valence-electron chi connectivity index (χ0n) is 11.1. The lowest BCUT2D eigenvalue weighted by Gasteiger charge is -2.22. The molecule has 1 fully saturated rings. The zero-order valence-corrected chi connectivity index (χ0v) is 11.1. The van der Waals surface area contributed by atoms with Gasteiger partial charge in [0.1, 0.15) is 12.6 Å². The van der Waals surface area contributed by atoms with Crippen molar-refractivity contribution in [1.82, 2.24) is 15.2 Å². The van der Waals surface area contributed by atoms with E-state index >= 15 is 0 Å². The van der Waals surface area contributed by atoms with Crippen LogP contribution in [-0.2, 0) is 16.1 Å². The molecule has 0 bridgehead atoms. The molecule has 3 rings (SSSR count). The highest BCUT2D eigenvalue weighted by Crippen LogP contribution is 2.14. The Hall–Kier alpha value is -2.30. The molecule has 20 heavy (non-hydrogen) atoms. The maximum absolute atomic E-state index is 12.1. The molecule has 1 aliphatic heterocycles. The van der Waals surface area contributed by atoms with Crippen LogP contribution in [0.4, 0.5) is 0 Å². The van der Waals surface area contributed by atoms with Gasteiger partial charge in [0.25, 0.3) is 0 Å². The van der Waals surface area contributed by atoms with Gasteiger partial charge in [-0.05, 0) is 30.4 Å². The van der Waals surface area contributed by atoms with E-state index < -0.39 is 6.04 Å². The van der Waals surface area contributed by atoms with E-state index in [-0.39, 0.29) is 18.4 Å². The van der Waals surface area contributed by atoms with Gasteiger partial charge in [-0.25, -0.2) is 0 Å². The molecule has 5 nitrogen and oxygen atoms in total. The first-order valence-corrected chi connectivity index (χ1v) is 6.85. The van der Waals surface area contributed by atoms with Gasteiger partial charge in [0.15, 0.2) is 0 Å². The van der Waals surface area contributed by atoms with Crippen LogP contribution in [0.15, 0.2) is 36.5 Å². The number of hydrogen-bond acceptors (Lipinski definition) is 2. The van der Waals surface area contributed by atoms with E-state index in [9.17, 15) is 9.59 Å². The molecule has 2 heterocycles. The van der Waals surface area contributed by atoms with Crippen molar-refractivity contribution in [3.8, 4) is 0 Å². The van der Waals surface area contributed by atoms with Gasteiger partial charge >= 0.3 is 0 Å². The Morgan fingerprint density at radius 3 is 3.05 bits per heavy atom. The molecular weight excluding hydrogens is 254 g/mol.